The van der Waals surface area contributed by atoms with Gasteiger partial charge in [-0.15, -0.1) is 0 Å². The third-order valence-electron chi connectivity index (χ3n) is 4.94. The van der Waals surface area contributed by atoms with Crippen LogP contribution in [0.2, 0.25) is 0 Å². The van der Waals surface area contributed by atoms with Crippen molar-refractivity contribution in [1.82, 2.24) is 5.32 Å². The number of hydrogen-bond donors (Lipinski definition) is 1. The zero-order chi connectivity index (χ0) is 21.4. The Labute approximate surface area is 172 Å². The number of nitrogens with zero attached hydrogens (tertiary/aromatic N) is 1. The molecule has 0 saturated carbocycles. The van der Waals surface area contributed by atoms with Crippen LogP contribution in [0.15, 0.2) is 52.9 Å². The quantitative estimate of drug-likeness (QED) is 0.405. The number of aliphatic imine (C=N–C) groups is 1. The number of carbonyl (C=O) groups excluding carboxylic acids is 1. The Hall–Kier alpha value is -2.47. The molecule has 6 heteroatoms. The fraction of sp³-hybridized carbons (Fsp3) is 0.478. The van der Waals surface area contributed by atoms with Gasteiger partial charge in [0.1, 0.15) is 17.8 Å². The number of carbonyl (C=O) groups is 1. The molecule has 1 saturated heterocycles. The molecule has 1 amide bonds. The van der Waals surface area contributed by atoms with Crippen molar-refractivity contribution in [2.75, 3.05) is 6.61 Å². The van der Waals surface area contributed by atoms with Gasteiger partial charge in [-0.1, -0.05) is 12.1 Å². The van der Waals surface area contributed by atoms with Gasteiger partial charge in [-0.05, 0) is 65.5 Å². The summed E-state index contributed by atoms with van der Waals surface area (Å²) in [6, 6.07) is 5.90. The zero-order valence-corrected chi connectivity index (χ0v) is 17.9. The molecule has 2 rings (SSSR count). The standard InChI is InChI=1S/C23H31FN2O3/c1-6-18(14-25-16(2)15-28-21-9-7-8-20(24)12-21)22(27)26-17(3)19-10-11-29-23(4,5)13-19/h6-9,12,14-15,17,19H,10-11,13H2,1-5H3,(H,26,27)/b16-15+,18-6+,25-14-. The molecule has 1 heterocycles. The summed E-state index contributed by atoms with van der Waals surface area (Å²) in [5.74, 6) is 0.231. The Bertz CT molecular complexity index is 799. The van der Waals surface area contributed by atoms with Gasteiger partial charge in [0.2, 0.25) is 0 Å². The molecule has 2 atom stereocenters. The molecule has 1 aromatic carbocycles. The SMILES string of the molecule is C\C=C(/C=N\C(C)=C\Oc1cccc(F)c1)C(=O)NC(C)C1CCOC(C)(C)C1. The Morgan fingerprint density at radius 3 is 2.86 bits per heavy atom. The highest BCUT2D eigenvalue weighted by atomic mass is 19.1. The van der Waals surface area contributed by atoms with Crippen molar-refractivity contribution >= 4 is 12.1 Å². The van der Waals surface area contributed by atoms with E-state index in [1.807, 2.05) is 6.92 Å². The molecule has 2 unspecified atom stereocenters. The number of allylic oxidation sites excluding steroid dienone is 2. The van der Waals surface area contributed by atoms with Gasteiger partial charge >= 0.3 is 0 Å². The summed E-state index contributed by atoms with van der Waals surface area (Å²) in [5.41, 5.74) is 0.874. The molecule has 1 aromatic rings. The normalized spacial score (nSPS) is 21.1. The molecule has 1 fully saturated rings. The summed E-state index contributed by atoms with van der Waals surface area (Å²) in [6.07, 6.45) is 6.50. The zero-order valence-electron chi connectivity index (χ0n) is 17.9. The van der Waals surface area contributed by atoms with E-state index in [9.17, 15) is 9.18 Å². The molecule has 1 aliphatic heterocycles. The molecule has 5 nitrogen and oxygen atoms in total. The third-order valence-corrected chi connectivity index (χ3v) is 4.94. The van der Waals surface area contributed by atoms with E-state index in [0.717, 1.165) is 12.8 Å². The van der Waals surface area contributed by atoms with Crippen LogP contribution in [0.4, 0.5) is 4.39 Å². The molecule has 0 aromatic heterocycles. The van der Waals surface area contributed by atoms with Gasteiger partial charge in [0, 0.05) is 24.9 Å². The fourth-order valence-electron chi connectivity index (χ4n) is 3.27. The van der Waals surface area contributed by atoms with E-state index in [-0.39, 0.29) is 23.4 Å². The first-order valence-corrected chi connectivity index (χ1v) is 9.94. The molecule has 29 heavy (non-hydrogen) atoms. The predicted molar refractivity (Wildman–Crippen MR) is 113 cm³/mol. The number of benzene rings is 1. The summed E-state index contributed by atoms with van der Waals surface area (Å²) in [4.78, 5) is 16.9. The van der Waals surface area contributed by atoms with E-state index in [1.54, 1.807) is 32.1 Å². The second kappa shape index (κ2) is 10.3. The molecule has 0 aliphatic carbocycles. The van der Waals surface area contributed by atoms with Gasteiger partial charge in [0.15, 0.2) is 0 Å². The van der Waals surface area contributed by atoms with Crippen LogP contribution in [-0.2, 0) is 9.53 Å². The summed E-state index contributed by atoms with van der Waals surface area (Å²) >= 11 is 0. The van der Waals surface area contributed by atoms with Crippen molar-refractivity contribution < 1.29 is 18.7 Å². The van der Waals surface area contributed by atoms with Crippen LogP contribution in [0.3, 0.4) is 0 Å². The highest BCUT2D eigenvalue weighted by molar-refractivity contribution is 6.12. The monoisotopic (exact) mass is 402 g/mol. The van der Waals surface area contributed by atoms with Crippen LogP contribution in [-0.4, -0.2) is 30.4 Å². The maximum atomic E-state index is 13.2. The molecular formula is C23H31FN2O3. The number of amides is 1. The Balaban J connectivity index is 1.92. The second-order valence-corrected chi connectivity index (χ2v) is 7.96. The summed E-state index contributed by atoms with van der Waals surface area (Å²) in [7, 11) is 0. The van der Waals surface area contributed by atoms with Crippen LogP contribution in [0.1, 0.15) is 47.5 Å². The van der Waals surface area contributed by atoms with Crippen molar-refractivity contribution in [3.8, 4) is 5.75 Å². The minimum Gasteiger partial charge on any atom is -0.463 e. The number of ether oxygens (including phenoxy) is 2. The van der Waals surface area contributed by atoms with Crippen LogP contribution in [0.5, 0.6) is 5.75 Å². The smallest absolute Gasteiger partial charge is 0.252 e. The largest absolute Gasteiger partial charge is 0.463 e. The first kappa shape index (κ1) is 22.8. The summed E-state index contributed by atoms with van der Waals surface area (Å²) in [5, 5.41) is 3.08. The first-order chi connectivity index (χ1) is 13.7. The van der Waals surface area contributed by atoms with E-state index in [4.69, 9.17) is 9.47 Å². The molecule has 0 spiro atoms. The van der Waals surface area contributed by atoms with Crippen molar-refractivity contribution in [1.29, 1.82) is 0 Å². The van der Waals surface area contributed by atoms with Gasteiger partial charge in [-0.25, -0.2) is 4.39 Å². The number of halogens is 1. The minimum atomic E-state index is -0.369. The Morgan fingerprint density at radius 1 is 1.45 bits per heavy atom. The molecular weight excluding hydrogens is 371 g/mol. The first-order valence-electron chi connectivity index (χ1n) is 9.94. The molecule has 158 valence electrons. The van der Waals surface area contributed by atoms with Crippen molar-refractivity contribution in [3.05, 3.63) is 53.7 Å². The molecule has 1 aliphatic rings. The van der Waals surface area contributed by atoms with E-state index in [1.165, 1.54) is 24.6 Å². The van der Waals surface area contributed by atoms with Crippen molar-refractivity contribution in [2.45, 2.75) is 59.1 Å². The lowest BCUT2D eigenvalue weighted by Gasteiger charge is -2.38. The van der Waals surface area contributed by atoms with E-state index in [0.29, 0.717) is 29.5 Å². The predicted octanol–water partition coefficient (Wildman–Crippen LogP) is 4.79. The Kier molecular flexibility index (Phi) is 8.14. The van der Waals surface area contributed by atoms with Gasteiger partial charge in [0.25, 0.3) is 5.91 Å². The third kappa shape index (κ3) is 7.46. The van der Waals surface area contributed by atoms with Crippen molar-refractivity contribution in [3.63, 3.8) is 0 Å². The minimum absolute atomic E-state index is 0.0435. The molecule has 0 radical (unpaired) electrons. The number of nitrogens with one attached hydrogen (secondary N) is 1. The average Bonchev–Trinajstić information content (AvgIpc) is 2.66. The lowest BCUT2D eigenvalue weighted by Crippen LogP contribution is -2.45. The molecule has 1 N–H and O–H groups in total. The Morgan fingerprint density at radius 2 is 2.21 bits per heavy atom. The lowest BCUT2D eigenvalue weighted by atomic mass is 9.84. The van der Waals surface area contributed by atoms with Crippen LogP contribution < -0.4 is 10.1 Å². The van der Waals surface area contributed by atoms with E-state index >= 15 is 0 Å². The van der Waals surface area contributed by atoms with E-state index in [2.05, 4.69) is 24.2 Å². The van der Waals surface area contributed by atoms with Gasteiger partial charge in [0.05, 0.1) is 16.9 Å². The number of hydrogen-bond acceptors (Lipinski definition) is 4. The summed E-state index contributed by atoms with van der Waals surface area (Å²) < 4.78 is 24.3. The van der Waals surface area contributed by atoms with Crippen molar-refractivity contribution in [2.24, 2.45) is 10.9 Å². The highest BCUT2D eigenvalue weighted by Crippen LogP contribution is 2.30. The van der Waals surface area contributed by atoms with E-state index < -0.39 is 0 Å². The lowest BCUT2D eigenvalue weighted by molar-refractivity contribution is -0.119. The van der Waals surface area contributed by atoms with Gasteiger partial charge < -0.3 is 14.8 Å². The topological polar surface area (TPSA) is 59.9 Å². The van der Waals surface area contributed by atoms with Gasteiger partial charge in [-0.3, -0.25) is 9.79 Å². The maximum Gasteiger partial charge on any atom is 0.252 e. The highest BCUT2D eigenvalue weighted by Gasteiger charge is 2.32. The maximum absolute atomic E-state index is 13.2. The van der Waals surface area contributed by atoms with Gasteiger partial charge in [-0.2, -0.15) is 0 Å². The molecule has 0 bridgehead atoms. The van der Waals surface area contributed by atoms with Crippen LogP contribution >= 0.6 is 0 Å². The number of rotatable bonds is 7. The summed E-state index contributed by atoms with van der Waals surface area (Å²) in [6.45, 7) is 10.5. The van der Waals surface area contributed by atoms with Crippen LogP contribution in [0, 0.1) is 11.7 Å². The fourth-order valence-corrected chi connectivity index (χ4v) is 3.27. The average molecular weight is 403 g/mol. The van der Waals surface area contributed by atoms with Crippen LogP contribution in [0.25, 0.3) is 0 Å². The second-order valence-electron chi connectivity index (χ2n) is 7.96.